The Morgan fingerprint density at radius 1 is 1.15 bits per heavy atom. The molecule has 0 spiro atoms. The first-order chi connectivity index (χ1) is 9.29. The first-order valence-electron chi connectivity index (χ1n) is 6.48. The molecule has 0 bridgehead atoms. The van der Waals surface area contributed by atoms with E-state index in [-0.39, 0.29) is 12.3 Å². The predicted molar refractivity (Wildman–Crippen MR) is 80.4 cm³/mol. The maximum atomic E-state index is 11.9. The molecule has 0 atom stereocenters. The second-order valence-electron chi connectivity index (χ2n) is 5.11. The lowest BCUT2D eigenvalue weighted by Crippen LogP contribution is -2.23. The standard InChI is InChI=1S/C14H21N2O3P/c1-20(2,19)12-8-6-11(7-9-12)10-16-14(18)5-3-4-13(15)17/h6-9H,3-5,10H2,1-2H3,(H2,15,17)(H,16,18). The van der Waals surface area contributed by atoms with Crippen molar-refractivity contribution in [3.05, 3.63) is 29.8 Å². The maximum Gasteiger partial charge on any atom is 0.220 e. The van der Waals surface area contributed by atoms with E-state index in [1.165, 1.54) is 0 Å². The maximum absolute atomic E-state index is 11.9. The van der Waals surface area contributed by atoms with Gasteiger partial charge in [-0.3, -0.25) is 9.59 Å². The molecule has 0 radical (unpaired) electrons. The first-order valence-corrected chi connectivity index (χ1v) is 9.08. The molecule has 20 heavy (non-hydrogen) atoms. The summed E-state index contributed by atoms with van der Waals surface area (Å²) in [6.07, 6.45) is 0.986. The van der Waals surface area contributed by atoms with E-state index in [1.807, 2.05) is 24.3 Å². The number of carbonyl (C=O) groups excluding carboxylic acids is 2. The molecule has 0 aliphatic heterocycles. The molecule has 110 valence electrons. The lowest BCUT2D eigenvalue weighted by atomic mass is 10.2. The van der Waals surface area contributed by atoms with E-state index >= 15 is 0 Å². The number of hydrogen-bond donors (Lipinski definition) is 2. The van der Waals surface area contributed by atoms with Crippen molar-refractivity contribution in [1.82, 2.24) is 5.32 Å². The zero-order valence-corrected chi connectivity index (χ0v) is 12.8. The first kappa shape index (κ1) is 16.4. The number of carbonyl (C=O) groups is 2. The van der Waals surface area contributed by atoms with Gasteiger partial charge in [-0.05, 0) is 25.3 Å². The Morgan fingerprint density at radius 3 is 2.25 bits per heavy atom. The Hall–Kier alpha value is -1.61. The molecule has 2 amide bonds. The van der Waals surface area contributed by atoms with Crippen LogP contribution in [-0.4, -0.2) is 25.1 Å². The Morgan fingerprint density at radius 2 is 1.75 bits per heavy atom. The minimum atomic E-state index is -2.23. The molecule has 0 saturated carbocycles. The van der Waals surface area contributed by atoms with Crippen molar-refractivity contribution in [2.45, 2.75) is 25.8 Å². The number of nitrogens with one attached hydrogen (secondary N) is 1. The van der Waals surface area contributed by atoms with Crippen LogP contribution in [0.4, 0.5) is 0 Å². The van der Waals surface area contributed by atoms with Gasteiger partial charge in [-0.2, -0.15) is 0 Å². The van der Waals surface area contributed by atoms with Gasteiger partial charge in [-0.15, -0.1) is 0 Å². The molecule has 3 N–H and O–H groups in total. The summed E-state index contributed by atoms with van der Waals surface area (Å²) >= 11 is 0. The van der Waals surface area contributed by atoms with Gasteiger partial charge < -0.3 is 15.6 Å². The van der Waals surface area contributed by atoms with Crippen molar-refractivity contribution in [2.24, 2.45) is 5.73 Å². The van der Waals surface area contributed by atoms with Crippen molar-refractivity contribution < 1.29 is 14.2 Å². The van der Waals surface area contributed by atoms with Crippen LogP contribution in [0.15, 0.2) is 24.3 Å². The van der Waals surface area contributed by atoms with Crippen molar-refractivity contribution in [2.75, 3.05) is 13.3 Å². The van der Waals surface area contributed by atoms with E-state index < -0.39 is 13.0 Å². The summed E-state index contributed by atoms with van der Waals surface area (Å²) in [4.78, 5) is 22.1. The summed E-state index contributed by atoms with van der Waals surface area (Å²) in [7, 11) is -2.23. The summed E-state index contributed by atoms with van der Waals surface area (Å²) in [5, 5.41) is 3.60. The van der Waals surface area contributed by atoms with Crippen molar-refractivity contribution in [3.63, 3.8) is 0 Å². The van der Waals surface area contributed by atoms with Crippen LogP contribution in [0.1, 0.15) is 24.8 Å². The van der Waals surface area contributed by atoms with Crippen LogP contribution in [0.25, 0.3) is 0 Å². The minimum Gasteiger partial charge on any atom is -0.370 e. The van der Waals surface area contributed by atoms with Gasteiger partial charge >= 0.3 is 0 Å². The van der Waals surface area contributed by atoms with E-state index in [0.29, 0.717) is 19.4 Å². The van der Waals surface area contributed by atoms with Crippen LogP contribution < -0.4 is 16.4 Å². The third-order valence-electron chi connectivity index (χ3n) is 2.87. The van der Waals surface area contributed by atoms with Gasteiger partial charge in [0.2, 0.25) is 11.8 Å². The summed E-state index contributed by atoms with van der Waals surface area (Å²) < 4.78 is 11.9. The fourth-order valence-electron chi connectivity index (χ4n) is 1.69. The third kappa shape index (κ3) is 6.02. The lowest BCUT2D eigenvalue weighted by Gasteiger charge is -2.09. The zero-order valence-electron chi connectivity index (χ0n) is 11.9. The highest BCUT2D eigenvalue weighted by atomic mass is 31.2. The van der Waals surface area contributed by atoms with E-state index in [9.17, 15) is 14.2 Å². The average molecular weight is 296 g/mol. The highest BCUT2D eigenvalue weighted by Crippen LogP contribution is 2.34. The number of benzene rings is 1. The Bertz CT molecular complexity index is 520. The second-order valence-corrected chi connectivity index (χ2v) is 8.33. The topological polar surface area (TPSA) is 89.3 Å². The monoisotopic (exact) mass is 296 g/mol. The number of amides is 2. The fraction of sp³-hybridized carbons (Fsp3) is 0.429. The van der Waals surface area contributed by atoms with E-state index in [0.717, 1.165) is 10.9 Å². The van der Waals surface area contributed by atoms with Crippen molar-refractivity contribution in [3.8, 4) is 0 Å². The van der Waals surface area contributed by atoms with Crippen LogP contribution in [0.3, 0.4) is 0 Å². The molecule has 6 heteroatoms. The summed E-state index contributed by atoms with van der Waals surface area (Å²) in [5.41, 5.74) is 5.95. The number of hydrogen-bond acceptors (Lipinski definition) is 3. The largest absolute Gasteiger partial charge is 0.370 e. The molecule has 0 unspecified atom stereocenters. The quantitative estimate of drug-likeness (QED) is 0.741. The van der Waals surface area contributed by atoms with Gasteiger partial charge in [0.1, 0.15) is 7.14 Å². The molecule has 1 aromatic rings. The molecule has 0 fully saturated rings. The minimum absolute atomic E-state index is 0.105. The molecule has 1 aromatic carbocycles. The average Bonchev–Trinajstić information content (AvgIpc) is 2.35. The second kappa shape index (κ2) is 7.25. The molecule has 0 saturated heterocycles. The van der Waals surface area contributed by atoms with Crippen molar-refractivity contribution in [1.29, 1.82) is 0 Å². The molecule has 0 heterocycles. The van der Waals surface area contributed by atoms with E-state index in [1.54, 1.807) is 13.3 Å². The summed E-state index contributed by atoms with van der Waals surface area (Å²) in [5.74, 6) is -0.496. The fourth-order valence-corrected chi connectivity index (χ4v) is 2.55. The summed E-state index contributed by atoms with van der Waals surface area (Å²) in [6.45, 7) is 3.87. The zero-order chi connectivity index (χ0) is 15.2. The highest BCUT2D eigenvalue weighted by molar-refractivity contribution is 7.70. The molecule has 0 aromatic heterocycles. The Labute approximate surface area is 119 Å². The lowest BCUT2D eigenvalue weighted by molar-refractivity contribution is -0.121. The highest BCUT2D eigenvalue weighted by Gasteiger charge is 2.10. The van der Waals surface area contributed by atoms with Gasteiger partial charge in [-0.1, -0.05) is 24.3 Å². The van der Waals surface area contributed by atoms with Gasteiger partial charge in [0.05, 0.1) is 0 Å². The summed E-state index contributed by atoms with van der Waals surface area (Å²) in [6, 6.07) is 7.38. The predicted octanol–water partition coefficient (Wildman–Crippen LogP) is 1.21. The van der Waals surface area contributed by atoms with Gasteiger partial charge in [-0.25, -0.2) is 0 Å². The van der Waals surface area contributed by atoms with E-state index in [4.69, 9.17) is 5.73 Å². The van der Waals surface area contributed by atoms with E-state index in [2.05, 4.69) is 5.32 Å². The van der Waals surface area contributed by atoms with Crippen LogP contribution in [0, 0.1) is 0 Å². The molecule has 1 rings (SSSR count). The van der Waals surface area contributed by atoms with Gasteiger partial charge in [0.15, 0.2) is 0 Å². The third-order valence-corrected chi connectivity index (χ3v) is 4.42. The molecule has 5 nitrogen and oxygen atoms in total. The van der Waals surface area contributed by atoms with Crippen LogP contribution in [0.2, 0.25) is 0 Å². The Kier molecular flexibility index (Phi) is 5.96. The molecular weight excluding hydrogens is 275 g/mol. The van der Waals surface area contributed by atoms with Crippen LogP contribution in [-0.2, 0) is 20.7 Å². The van der Waals surface area contributed by atoms with Crippen LogP contribution in [0.5, 0.6) is 0 Å². The Balaban J connectivity index is 2.40. The smallest absolute Gasteiger partial charge is 0.220 e. The normalized spacial score (nSPS) is 11.1. The van der Waals surface area contributed by atoms with Crippen LogP contribution >= 0.6 is 7.14 Å². The van der Waals surface area contributed by atoms with Gasteiger partial charge in [0, 0.05) is 24.7 Å². The number of rotatable bonds is 7. The molecule has 0 aliphatic carbocycles. The number of primary amides is 1. The van der Waals surface area contributed by atoms with Gasteiger partial charge in [0.25, 0.3) is 0 Å². The number of nitrogens with two attached hydrogens (primary N) is 1. The molecular formula is C14H21N2O3P. The molecule has 0 aliphatic rings. The SMILES string of the molecule is CP(C)(=O)c1ccc(CNC(=O)CCCC(N)=O)cc1. The van der Waals surface area contributed by atoms with Crippen molar-refractivity contribution >= 4 is 24.3 Å².